The number of aliphatic hydroxyl groups is 2. The first-order chi connectivity index (χ1) is 18.9. The van der Waals surface area contributed by atoms with Crippen molar-refractivity contribution >= 4 is 12.3 Å². The van der Waals surface area contributed by atoms with Crippen molar-refractivity contribution in [3.8, 4) is 11.5 Å². The number of methoxy groups -OCH3 is 1. The summed E-state index contributed by atoms with van der Waals surface area (Å²) in [5.41, 5.74) is 2.49. The molecule has 0 bridgehead atoms. The van der Waals surface area contributed by atoms with Gasteiger partial charge in [0, 0.05) is 18.6 Å². The molecule has 8 heteroatoms. The smallest absolute Gasteiger partial charge is 0.335 e. The van der Waals surface area contributed by atoms with E-state index >= 15 is 0 Å². The summed E-state index contributed by atoms with van der Waals surface area (Å²) in [5, 5.41) is 17.0. The predicted molar refractivity (Wildman–Crippen MR) is 151 cm³/mol. The van der Waals surface area contributed by atoms with E-state index < -0.39 is 12.6 Å². The van der Waals surface area contributed by atoms with Crippen molar-refractivity contribution in [2.45, 2.75) is 38.5 Å². The van der Waals surface area contributed by atoms with Crippen LogP contribution in [0.3, 0.4) is 0 Å². The van der Waals surface area contributed by atoms with Crippen LogP contribution in [-0.4, -0.2) is 56.0 Å². The molecule has 1 atom stereocenters. The Balaban J connectivity index is 0.00000113. The molecule has 1 unspecified atom stereocenters. The van der Waals surface area contributed by atoms with Crippen LogP contribution in [0.25, 0.3) is 0 Å². The van der Waals surface area contributed by atoms with Crippen LogP contribution < -0.4 is 9.47 Å². The summed E-state index contributed by atoms with van der Waals surface area (Å²) >= 11 is 0. The Morgan fingerprint density at radius 2 is 1.49 bits per heavy atom. The maximum absolute atomic E-state index is 11.7. The first-order valence-electron chi connectivity index (χ1n) is 12.7. The second-order valence-electron chi connectivity index (χ2n) is 8.62. The van der Waals surface area contributed by atoms with Crippen molar-refractivity contribution in [2.24, 2.45) is 0 Å². The minimum absolute atomic E-state index is 0.0202. The molecule has 0 spiro atoms. The van der Waals surface area contributed by atoms with E-state index in [2.05, 4.69) is 32.2 Å². The van der Waals surface area contributed by atoms with Crippen molar-refractivity contribution < 1.29 is 38.7 Å². The largest absolute Gasteiger partial charge is 0.462 e. The van der Waals surface area contributed by atoms with Crippen molar-refractivity contribution in [3.05, 3.63) is 96.5 Å². The lowest BCUT2D eigenvalue weighted by Gasteiger charge is -2.17. The average molecular weight is 541 g/mol. The third-order valence-corrected chi connectivity index (χ3v) is 5.44. The molecule has 0 saturated carbocycles. The Morgan fingerprint density at radius 3 is 1.95 bits per heavy atom. The van der Waals surface area contributed by atoms with E-state index in [1.165, 1.54) is 37.4 Å². The number of aryl methyl sites for hydroxylation is 1. The van der Waals surface area contributed by atoms with Crippen LogP contribution in [0.1, 0.15) is 43.2 Å². The van der Waals surface area contributed by atoms with Crippen LogP contribution in [0.15, 0.2) is 85.4 Å². The summed E-state index contributed by atoms with van der Waals surface area (Å²) in [4.78, 5) is 21.2. The normalized spacial score (nSPS) is 11.2. The van der Waals surface area contributed by atoms with E-state index in [4.69, 9.17) is 29.2 Å². The molecule has 0 aliphatic carbocycles. The number of ether oxygens (including phenoxy) is 4. The van der Waals surface area contributed by atoms with E-state index in [0.717, 1.165) is 17.7 Å². The molecule has 0 fully saturated rings. The molecule has 2 aromatic rings. The van der Waals surface area contributed by atoms with Gasteiger partial charge in [-0.05, 0) is 48.2 Å². The molecule has 0 heterocycles. The molecule has 2 rings (SSSR count). The van der Waals surface area contributed by atoms with Crippen LogP contribution in [-0.2, 0) is 25.5 Å². The zero-order valence-corrected chi connectivity index (χ0v) is 22.8. The number of aldehydes is 1. The maximum atomic E-state index is 11.7. The summed E-state index contributed by atoms with van der Waals surface area (Å²) in [5.74, 6) is 0.634. The molecular formula is C31H40O8. The molecule has 8 nitrogen and oxygen atoms in total. The number of rotatable bonds is 17. The van der Waals surface area contributed by atoms with Crippen molar-refractivity contribution in [1.29, 1.82) is 0 Å². The van der Waals surface area contributed by atoms with Crippen LogP contribution >= 0.6 is 0 Å². The molecule has 0 aromatic heterocycles. The molecule has 39 heavy (non-hydrogen) atoms. The fourth-order valence-corrected chi connectivity index (χ4v) is 3.17. The second kappa shape index (κ2) is 20.3. The van der Waals surface area contributed by atoms with Gasteiger partial charge in [0.1, 0.15) is 36.9 Å². The van der Waals surface area contributed by atoms with Crippen LogP contribution in [0.2, 0.25) is 0 Å². The zero-order valence-electron chi connectivity index (χ0n) is 22.8. The first kappa shape index (κ1) is 33.3. The van der Waals surface area contributed by atoms with Gasteiger partial charge in [0.25, 0.3) is 0 Å². The monoisotopic (exact) mass is 540 g/mol. The molecule has 2 aromatic carbocycles. The standard InChI is InChI=1S/C27H34O6.C4H6O2/c1-4-5-6-7-22-8-12-25(13-9-22)31-16-17-32-26-14-10-23(11-15-26)24(19-30-3)20-33-27(29)21(2)18-28;1-4(2-5)3-6/h8-17,24,28H,2,4-7,18-20H2,1,3H3;2,6H,1,3H2/b17-16-;. The Kier molecular flexibility index (Phi) is 17.3. The molecular weight excluding hydrogens is 500 g/mol. The first-order valence-corrected chi connectivity index (χ1v) is 12.7. The van der Waals surface area contributed by atoms with Gasteiger partial charge in [-0.15, -0.1) is 0 Å². The van der Waals surface area contributed by atoms with Crippen LogP contribution in [0.4, 0.5) is 0 Å². The third-order valence-electron chi connectivity index (χ3n) is 5.44. The van der Waals surface area contributed by atoms with Crippen molar-refractivity contribution in [1.82, 2.24) is 0 Å². The number of hydrogen-bond donors (Lipinski definition) is 2. The number of esters is 1. The predicted octanol–water partition coefficient (Wildman–Crippen LogP) is 4.90. The van der Waals surface area contributed by atoms with Crippen molar-refractivity contribution in [3.63, 3.8) is 0 Å². The van der Waals surface area contributed by atoms with Gasteiger partial charge in [-0.1, -0.05) is 57.2 Å². The summed E-state index contributed by atoms with van der Waals surface area (Å²) < 4.78 is 21.6. The van der Waals surface area contributed by atoms with E-state index in [9.17, 15) is 9.59 Å². The fraction of sp³-hybridized carbons (Fsp3) is 0.355. The Hall–Kier alpha value is -3.72. The Morgan fingerprint density at radius 1 is 0.897 bits per heavy atom. The molecule has 0 aliphatic heterocycles. The van der Waals surface area contributed by atoms with E-state index in [-0.39, 0.29) is 30.3 Å². The number of benzene rings is 2. The maximum Gasteiger partial charge on any atom is 0.335 e. The van der Waals surface area contributed by atoms with Crippen LogP contribution in [0, 0.1) is 0 Å². The second-order valence-corrected chi connectivity index (χ2v) is 8.62. The number of carbonyl (C=O) groups excluding carboxylic acids is 2. The number of aliphatic hydroxyl groups excluding tert-OH is 2. The van der Waals surface area contributed by atoms with Gasteiger partial charge in [0.05, 0.1) is 25.4 Å². The highest BCUT2D eigenvalue weighted by Crippen LogP contribution is 2.21. The minimum atomic E-state index is -0.616. The topological polar surface area (TPSA) is 112 Å². The van der Waals surface area contributed by atoms with E-state index in [1.54, 1.807) is 7.11 Å². The number of carbonyl (C=O) groups is 2. The minimum Gasteiger partial charge on any atom is -0.462 e. The quantitative estimate of drug-likeness (QED) is 0.0958. The summed E-state index contributed by atoms with van der Waals surface area (Å²) in [6, 6.07) is 15.5. The SMILES string of the molecule is C=C(C=O)CO.C=C(CO)C(=O)OCC(COC)c1ccc(O/C=C\Oc2ccc(CCCCC)cc2)cc1. The lowest BCUT2D eigenvalue weighted by atomic mass is 10.0. The van der Waals surface area contributed by atoms with E-state index in [0.29, 0.717) is 18.6 Å². The summed E-state index contributed by atoms with van der Waals surface area (Å²) in [7, 11) is 1.59. The zero-order chi connectivity index (χ0) is 28.9. The molecule has 212 valence electrons. The van der Waals surface area contributed by atoms with Gasteiger partial charge in [-0.25, -0.2) is 4.79 Å². The van der Waals surface area contributed by atoms with Gasteiger partial charge in [0.15, 0.2) is 0 Å². The summed E-state index contributed by atoms with van der Waals surface area (Å²) in [6.07, 6.45) is 8.29. The Bertz CT molecular complexity index is 1030. The molecule has 0 aliphatic rings. The fourth-order valence-electron chi connectivity index (χ4n) is 3.17. The van der Waals surface area contributed by atoms with E-state index in [1.807, 2.05) is 36.4 Å². The van der Waals surface area contributed by atoms with Gasteiger partial charge in [-0.3, -0.25) is 4.79 Å². The third kappa shape index (κ3) is 14.1. The average Bonchev–Trinajstić information content (AvgIpc) is 2.98. The van der Waals surface area contributed by atoms with Gasteiger partial charge in [0.2, 0.25) is 0 Å². The molecule has 0 saturated heterocycles. The van der Waals surface area contributed by atoms with Gasteiger partial charge >= 0.3 is 5.97 Å². The van der Waals surface area contributed by atoms with Crippen molar-refractivity contribution in [2.75, 3.05) is 33.5 Å². The van der Waals surface area contributed by atoms with Gasteiger partial charge < -0.3 is 29.2 Å². The summed E-state index contributed by atoms with van der Waals surface area (Å²) in [6.45, 7) is 8.68. The number of unbranched alkanes of at least 4 members (excludes halogenated alkanes) is 2. The highest BCUT2D eigenvalue weighted by Gasteiger charge is 2.16. The van der Waals surface area contributed by atoms with Gasteiger partial charge in [-0.2, -0.15) is 0 Å². The number of hydrogen-bond acceptors (Lipinski definition) is 8. The highest BCUT2D eigenvalue weighted by atomic mass is 16.5. The molecule has 0 amide bonds. The molecule has 0 radical (unpaired) electrons. The lowest BCUT2D eigenvalue weighted by Crippen LogP contribution is -2.18. The Labute approximate surface area is 231 Å². The highest BCUT2D eigenvalue weighted by molar-refractivity contribution is 5.87. The lowest BCUT2D eigenvalue weighted by molar-refractivity contribution is -0.140. The molecule has 2 N–H and O–H groups in total. The van der Waals surface area contributed by atoms with Crippen LogP contribution in [0.5, 0.6) is 11.5 Å².